The van der Waals surface area contributed by atoms with Gasteiger partial charge in [0.1, 0.15) is 0 Å². The van der Waals surface area contributed by atoms with Gasteiger partial charge in [0.25, 0.3) is 0 Å². The second-order valence-corrected chi connectivity index (χ2v) is 6.34. The molecule has 0 fully saturated rings. The van der Waals surface area contributed by atoms with Crippen LogP contribution in [0.4, 0.5) is 0 Å². The van der Waals surface area contributed by atoms with Crippen molar-refractivity contribution in [3.8, 4) is 0 Å². The van der Waals surface area contributed by atoms with Gasteiger partial charge >= 0.3 is 0 Å². The number of nitrogens with one attached hydrogen (secondary N) is 1. The van der Waals surface area contributed by atoms with Crippen molar-refractivity contribution < 1.29 is 0 Å². The summed E-state index contributed by atoms with van der Waals surface area (Å²) < 4.78 is 0. The van der Waals surface area contributed by atoms with E-state index in [-0.39, 0.29) is 0 Å². The third-order valence-electron chi connectivity index (χ3n) is 2.69. The number of thiazole rings is 1. The van der Waals surface area contributed by atoms with E-state index in [0.717, 1.165) is 18.7 Å². The van der Waals surface area contributed by atoms with Crippen LogP contribution in [0.5, 0.6) is 0 Å². The molecule has 0 aromatic carbocycles. The van der Waals surface area contributed by atoms with Crippen molar-refractivity contribution in [3.63, 3.8) is 0 Å². The Balaban J connectivity index is 2.28. The summed E-state index contributed by atoms with van der Waals surface area (Å²) in [5.41, 5.74) is 3.08. The van der Waals surface area contributed by atoms with Crippen LogP contribution in [-0.4, -0.2) is 11.5 Å². The number of aromatic nitrogens is 1. The number of hydrogen-bond donors (Lipinski definition) is 1. The van der Waals surface area contributed by atoms with E-state index in [1.165, 1.54) is 14.6 Å². The maximum Gasteiger partial charge on any atom is 0.0798 e. The van der Waals surface area contributed by atoms with Gasteiger partial charge in [-0.2, -0.15) is 0 Å². The fourth-order valence-corrected chi connectivity index (χ4v) is 3.74. The molecule has 0 saturated carbocycles. The molecular weight excluding hydrogens is 248 g/mol. The first-order valence-electron chi connectivity index (χ1n) is 5.92. The number of aryl methyl sites for hydroxylation is 2. The predicted molar refractivity (Wildman–Crippen MR) is 76.0 cm³/mol. The summed E-state index contributed by atoms with van der Waals surface area (Å²) in [6.07, 6.45) is 1.15. The van der Waals surface area contributed by atoms with Crippen molar-refractivity contribution in [2.45, 2.75) is 33.2 Å². The van der Waals surface area contributed by atoms with Gasteiger partial charge < -0.3 is 5.32 Å². The quantitative estimate of drug-likeness (QED) is 0.887. The van der Waals surface area contributed by atoms with E-state index in [4.69, 9.17) is 0 Å². The average molecular weight is 266 g/mol. The van der Waals surface area contributed by atoms with E-state index in [9.17, 15) is 0 Å². The maximum atomic E-state index is 4.36. The zero-order valence-electron chi connectivity index (χ0n) is 10.5. The molecular formula is C13H18N2S2. The van der Waals surface area contributed by atoms with E-state index in [1.807, 2.05) is 16.8 Å². The summed E-state index contributed by atoms with van der Waals surface area (Å²) in [5.74, 6) is 0. The molecule has 1 unspecified atom stereocenters. The highest BCUT2D eigenvalue weighted by Gasteiger charge is 2.18. The largest absolute Gasteiger partial charge is 0.305 e. The van der Waals surface area contributed by atoms with Crippen molar-refractivity contribution >= 4 is 22.7 Å². The second kappa shape index (κ2) is 5.76. The molecule has 92 valence electrons. The van der Waals surface area contributed by atoms with Gasteiger partial charge in [-0.15, -0.1) is 22.7 Å². The fourth-order valence-electron chi connectivity index (χ4n) is 1.81. The molecule has 17 heavy (non-hydrogen) atoms. The molecule has 2 aromatic heterocycles. The molecule has 2 rings (SSSR count). The molecule has 0 aliphatic heterocycles. The monoisotopic (exact) mass is 266 g/mol. The van der Waals surface area contributed by atoms with Crippen LogP contribution in [0.25, 0.3) is 0 Å². The zero-order valence-corrected chi connectivity index (χ0v) is 12.1. The van der Waals surface area contributed by atoms with E-state index >= 15 is 0 Å². The van der Waals surface area contributed by atoms with Gasteiger partial charge in [0.2, 0.25) is 0 Å². The minimum Gasteiger partial charge on any atom is -0.305 e. The topological polar surface area (TPSA) is 24.9 Å². The van der Waals surface area contributed by atoms with E-state index in [0.29, 0.717) is 6.04 Å². The van der Waals surface area contributed by atoms with Gasteiger partial charge in [0, 0.05) is 14.6 Å². The summed E-state index contributed by atoms with van der Waals surface area (Å²) in [4.78, 5) is 8.47. The van der Waals surface area contributed by atoms with Crippen LogP contribution < -0.4 is 5.32 Å². The number of nitrogens with zero attached hydrogens (tertiary/aromatic N) is 1. The summed E-state index contributed by atoms with van der Waals surface area (Å²) in [7, 11) is 0. The lowest BCUT2D eigenvalue weighted by atomic mass is 10.1. The molecule has 0 amide bonds. The van der Waals surface area contributed by atoms with Crippen molar-refractivity contribution in [2.75, 3.05) is 6.54 Å². The van der Waals surface area contributed by atoms with Crippen LogP contribution in [0.15, 0.2) is 17.6 Å². The Morgan fingerprint density at radius 1 is 1.35 bits per heavy atom. The van der Waals surface area contributed by atoms with Gasteiger partial charge in [-0.05, 0) is 38.9 Å². The lowest BCUT2D eigenvalue weighted by Gasteiger charge is -2.16. The smallest absolute Gasteiger partial charge is 0.0798 e. The first kappa shape index (κ1) is 12.7. The Morgan fingerprint density at radius 2 is 2.18 bits per heavy atom. The van der Waals surface area contributed by atoms with E-state index in [2.05, 4.69) is 43.2 Å². The Kier molecular flexibility index (Phi) is 4.31. The molecule has 2 heterocycles. The van der Waals surface area contributed by atoms with Crippen LogP contribution in [0, 0.1) is 13.8 Å². The second-order valence-electron chi connectivity index (χ2n) is 4.14. The average Bonchev–Trinajstić information content (AvgIpc) is 2.90. The highest BCUT2D eigenvalue weighted by molar-refractivity contribution is 7.12. The molecule has 1 N–H and O–H groups in total. The third-order valence-corrected chi connectivity index (χ3v) is 4.75. The summed E-state index contributed by atoms with van der Waals surface area (Å²) in [6, 6.07) is 4.74. The molecule has 4 heteroatoms. The SMILES string of the molecule is CCCNC(c1ccc(C)s1)c1scnc1C. The normalized spacial score (nSPS) is 12.9. The first-order valence-corrected chi connectivity index (χ1v) is 7.61. The molecule has 0 aliphatic carbocycles. The van der Waals surface area contributed by atoms with Crippen molar-refractivity contribution in [1.29, 1.82) is 0 Å². The highest BCUT2D eigenvalue weighted by atomic mass is 32.1. The zero-order chi connectivity index (χ0) is 12.3. The lowest BCUT2D eigenvalue weighted by molar-refractivity contribution is 0.610. The summed E-state index contributed by atoms with van der Waals surface area (Å²) in [5, 5.41) is 3.62. The predicted octanol–water partition coefficient (Wildman–Crippen LogP) is 3.91. The minimum atomic E-state index is 0.321. The van der Waals surface area contributed by atoms with Crippen LogP contribution in [-0.2, 0) is 0 Å². The molecule has 1 atom stereocenters. The molecule has 2 nitrogen and oxygen atoms in total. The standard InChI is InChI=1S/C13H18N2S2/c1-4-7-14-12(11-6-5-9(2)17-11)13-10(3)15-8-16-13/h5-6,8,12,14H,4,7H2,1-3H3. The van der Waals surface area contributed by atoms with Gasteiger partial charge in [-0.3, -0.25) is 0 Å². The Hall–Kier alpha value is -0.710. The number of thiophene rings is 1. The molecule has 0 spiro atoms. The highest BCUT2D eigenvalue weighted by Crippen LogP contribution is 2.32. The van der Waals surface area contributed by atoms with Crippen LogP contribution >= 0.6 is 22.7 Å². The molecule has 0 saturated heterocycles. The van der Waals surface area contributed by atoms with E-state index < -0.39 is 0 Å². The number of rotatable bonds is 5. The number of hydrogen-bond acceptors (Lipinski definition) is 4. The first-order chi connectivity index (χ1) is 8.22. The maximum absolute atomic E-state index is 4.36. The van der Waals surface area contributed by atoms with Crippen LogP contribution in [0.3, 0.4) is 0 Å². The Bertz CT molecular complexity index is 473. The third kappa shape index (κ3) is 2.94. The minimum absolute atomic E-state index is 0.321. The molecule has 0 radical (unpaired) electrons. The van der Waals surface area contributed by atoms with Gasteiger partial charge in [0.15, 0.2) is 0 Å². The van der Waals surface area contributed by atoms with Crippen molar-refractivity contribution in [3.05, 3.63) is 38.0 Å². The Labute approximate surface area is 111 Å². The van der Waals surface area contributed by atoms with E-state index in [1.54, 1.807) is 11.3 Å². The summed E-state index contributed by atoms with van der Waals surface area (Å²) in [6.45, 7) is 7.49. The van der Waals surface area contributed by atoms with Crippen molar-refractivity contribution in [2.24, 2.45) is 0 Å². The Morgan fingerprint density at radius 3 is 2.71 bits per heavy atom. The van der Waals surface area contributed by atoms with Gasteiger partial charge in [0.05, 0.1) is 17.2 Å². The van der Waals surface area contributed by atoms with Crippen LogP contribution in [0.2, 0.25) is 0 Å². The lowest BCUT2D eigenvalue weighted by Crippen LogP contribution is -2.22. The summed E-state index contributed by atoms with van der Waals surface area (Å²) >= 11 is 3.61. The van der Waals surface area contributed by atoms with Crippen LogP contribution in [0.1, 0.15) is 39.7 Å². The van der Waals surface area contributed by atoms with Crippen molar-refractivity contribution in [1.82, 2.24) is 10.3 Å². The van der Waals surface area contributed by atoms with Gasteiger partial charge in [-0.1, -0.05) is 6.92 Å². The fraction of sp³-hybridized carbons (Fsp3) is 0.462. The molecule has 0 bridgehead atoms. The molecule has 0 aliphatic rings. The molecule has 2 aromatic rings. The van der Waals surface area contributed by atoms with Gasteiger partial charge in [-0.25, -0.2) is 4.98 Å².